The predicted octanol–water partition coefficient (Wildman–Crippen LogP) is 1.27. The van der Waals surface area contributed by atoms with Gasteiger partial charge in [0.2, 0.25) is 0 Å². The van der Waals surface area contributed by atoms with Crippen LogP contribution in [-0.2, 0) is 9.84 Å². The molecule has 0 fully saturated rings. The van der Waals surface area contributed by atoms with Crippen LogP contribution in [0, 0.1) is 0 Å². The van der Waals surface area contributed by atoms with Gasteiger partial charge in [-0.05, 0) is 6.92 Å². The SMILES string of the molecule is CCOc1cncc(S(=O)(=O)CC)c1. The van der Waals surface area contributed by atoms with Gasteiger partial charge in [-0.25, -0.2) is 8.42 Å². The molecule has 1 rings (SSSR count). The highest BCUT2D eigenvalue weighted by molar-refractivity contribution is 7.91. The zero-order valence-electron chi connectivity index (χ0n) is 8.23. The molecule has 0 aliphatic rings. The average Bonchev–Trinajstić information content (AvgIpc) is 2.19. The van der Waals surface area contributed by atoms with Crippen molar-refractivity contribution in [3.05, 3.63) is 18.5 Å². The van der Waals surface area contributed by atoms with Gasteiger partial charge in [-0.2, -0.15) is 0 Å². The third-order valence-corrected chi connectivity index (χ3v) is 3.44. The number of aromatic nitrogens is 1. The monoisotopic (exact) mass is 215 g/mol. The Balaban J connectivity index is 3.06. The highest BCUT2D eigenvalue weighted by atomic mass is 32.2. The summed E-state index contributed by atoms with van der Waals surface area (Å²) in [5.74, 6) is 0.562. The van der Waals surface area contributed by atoms with Gasteiger partial charge in [0.25, 0.3) is 0 Å². The van der Waals surface area contributed by atoms with E-state index in [1.807, 2.05) is 6.92 Å². The van der Waals surface area contributed by atoms with E-state index >= 15 is 0 Å². The van der Waals surface area contributed by atoms with E-state index in [-0.39, 0.29) is 10.6 Å². The Morgan fingerprint density at radius 3 is 2.64 bits per heavy atom. The molecule has 0 spiro atoms. The number of ether oxygens (including phenoxy) is 1. The lowest BCUT2D eigenvalue weighted by molar-refractivity contribution is 0.337. The minimum atomic E-state index is -3.18. The second kappa shape index (κ2) is 4.41. The molecule has 0 amide bonds. The fourth-order valence-electron chi connectivity index (χ4n) is 0.981. The van der Waals surface area contributed by atoms with E-state index in [1.165, 1.54) is 18.5 Å². The van der Waals surface area contributed by atoms with Crippen molar-refractivity contribution in [2.75, 3.05) is 12.4 Å². The Morgan fingerprint density at radius 2 is 2.07 bits per heavy atom. The Bertz CT molecular complexity index is 400. The minimum absolute atomic E-state index is 0.0737. The maximum atomic E-state index is 11.5. The lowest BCUT2D eigenvalue weighted by Gasteiger charge is -2.04. The van der Waals surface area contributed by atoms with Gasteiger partial charge in [0.15, 0.2) is 9.84 Å². The summed E-state index contributed by atoms with van der Waals surface area (Å²) < 4.78 is 28.1. The third-order valence-electron chi connectivity index (χ3n) is 1.74. The first-order valence-corrected chi connectivity index (χ1v) is 6.06. The van der Waals surface area contributed by atoms with Crippen LogP contribution < -0.4 is 4.74 Å². The third kappa shape index (κ3) is 2.45. The van der Waals surface area contributed by atoms with E-state index in [2.05, 4.69) is 4.98 Å². The number of hydrogen-bond acceptors (Lipinski definition) is 4. The molecule has 1 aromatic rings. The van der Waals surface area contributed by atoms with Crippen LogP contribution in [0.15, 0.2) is 23.4 Å². The maximum Gasteiger partial charge on any atom is 0.179 e. The van der Waals surface area contributed by atoms with E-state index in [0.29, 0.717) is 12.4 Å². The zero-order chi connectivity index (χ0) is 10.6. The van der Waals surface area contributed by atoms with E-state index < -0.39 is 9.84 Å². The van der Waals surface area contributed by atoms with Gasteiger partial charge in [0.1, 0.15) is 5.75 Å². The van der Waals surface area contributed by atoms with Crippen LogP contribution in [0.2, 0.25) is 0 Å². The fourth-order valence-corrected chi connectivity index (χ4v) is 1.83. The number of pyridine rings is 1. The van der Waals surface area contributed by atoms with E-state index in [4.69, 9.17) is 4.74 Å². The van der Waals surface area contributed by atoms with Crippen molar-refractivity contribution in [2.45, 2.75) is 18.7 Å². The molecule has 0 bridgehead atoms. The lowest BCUT2D eigenvalue weighted by Crippen LogP contribution is -2.04. The van der Waals surface area contributed by atoms with Crippen molar-refractivity contribution in [1.82, 2.24) is 4.98 Å². The standard InChI is InChI=1S/C9H13NO3S/c1-3-13-8-5-9(7-10-6-8)14(11,12)4-2/h5-7H,3-4H2,1-2H3. The summed E-state index contributed by atoms with van der Waals surface area (Å²) in [6.07, 6.45) is 2.83. The first-order chi connectivity index (χ1) is 6.60. The molecule has 4 nitrogen and oxygen atoms in total. The van der Waals surface area contributed by atoms with Crippen LogP contribution >= 0.6 is 0 Å². The summed E-state index contributed by atoms with van der Waals surface area (Å²) in [5, 5.41) is 0. The van der Waals surface area contributed by atoms with Crippen molar-refractivity contribution >= 4 is 9.84 Å². The summed E-state index contributed by atoms with van der Waals surface area (Å²) in [6, 6.07) is 1.50. The highest BCUT2D eigenvalue weighted by Crippen LogP contribution is 2.16. The van der Waals surface area contributed by atoms with Crippen molar-refractivity contribution in [2.24, 2.45) is 0 Å². The smallest absolute Gasteiger partial charge is 0.179 e. The molecule has 1 aromatic heterocycles. The van der Waals surface area contributed by atoms with Crippen LogP contribution in [0.3, 0.4) is 0 Å². The number of rotatable bonds is 4. The van der Waals surface area contributed by atoms with Crippen molar-refractivity contribution < 1.29 is 13.2 Å². The maximum absolute atomic E-state index is 11.5. The van der Waals surface area contributed by atoms with Crippen molar-refractivity contribution in [3.63, 3.8) is 0 Å². The second-order valence-electron chi connectivity index (χ2n) is 2.69. The lowest BCUT2D eigenvalue weighted by atomic mass is 10.5. The summed E-state index contributed by atoms with van der Waals surface area (Å²) in [4.78, 5) is 4.03. The van der Waals surface area contributed by atoms with Crippen LogP contribution in [0.1, 0.15) is 13.8 Å². The predicted molar refractivity (Wildman–Crippen MR) is 53.1 cm³/mol. The van der Waals surface area contributed by atoms with Crippen LogP contribution in [0.5, 0.6) is 5.75 Å². The molecule has 1 heterocycles. The molecule has 0 aliphatic heterocycles. The van der Waals surface area contributed by atoms with Crippen LogP contribution in [0.25, 0.3) is 0 Å². The quantitative estimate of drug-likeness (QED) is 0.759. The molecule has 5 heteroatoms. The average molecular weight is 215 g/mol. The van der Waals surface area contributed by atoms with Crippen LogP contribution in [0.4, 0.5) is 0 Å². The normalized spacial score (nSPS) is 11.3. The van der Waals surface area contributed by atoms with Crippen molar-refractivity contribution in [3.8, 4) is 5.75 Å². The Hall–Kier alpha value is -1.10. The molecule has 0 radical (unpaired) electrons. The Labute approximate surface area is 83.8 Å². The van der Waals surface area contributed by atoms with Gasteiger partial charge in [-0.15, -0.1) is 0 Å². The zero-order valence-corrected chi connectivity index (χ0v) is 9.04. The first kappa shape index (κ1) is 11.0. The summed E-state index contributed by atoms with van der Waals surface area (Å²) in [5.41, 5.74) is 0. The van der Waals surface area contributed by atoms with E-state index in [9.17, 15) is 8.42 Å². The van der Waals surface area contributed by atoms with Crippen LogP contribution in [-0.4, -0.2) is 25.8 Å². The van der Waals surface area contributed by atoms with Crippen molar-refractivity contribution in [1.29, 1.82) is 0 Å². The molecule has 0 aliphatic carbocycles. The summed E-state index contributed by atoms with van der Waals surface area (Å²) in [7, 11) is -3.18. The fraction of sp³-hybridized carbons (Fsp3) is 0.444. The highest BCUT2D eigenvalue weighted by Gasteiger charge is 2.12. The molecule has 0 N–H and O–H groups in total. The molecule has 0 saturated heterocycles. The molecule has 0 atom stereocenters. The molecule has 0 aromatic carbocycles. The van der Waals surface area contributed by atoms with Gasteiger partial charge in [-0.3, -0.25) is 4.98 Å². The Kier molecular flexibility index (Phi) is 3.46. The van der Waals surface area contributed by atoms with Gasteiger partial charge < -0.3 is 4.74 Å². The van der Waals surface area contributed by atoms with Gasteiger partial charge >= 0.3 is 0 Å². The second-order valence-corrected chi connectivity index (χ2v) is 4.97. The van der Waals surface area contributed by atoms with Gasteiger partial charge in [-0.1, -0.05) is 6.92 Å². The molecular formula is C9H13NO3S. The summed E-state index contributed by atoms with van der Waals surface area (Å²) in [6.45, 7) is 3.93. The number of hydrogen-bond donors (Lipinski definition) is 0. The number of sulfone groups is 1. The molecule has 78 valence electrons. The first-order valence-electron chi connectivity index (χ1n) is 4.40. The molecular weight excluding hydrogens is 202 g/mol. The summed E-state index contributed by atoms with van der Waals surface area (Å²) >= 11 is 0. The minimum Gasteiger partial charge on any atom is -0.492 e. The van der Waals surface area contributed by atoms with E-state index in [1.54, 1.807) is 6.92 Å². The number of nitrogens with zero attached hydrogens (tertiary/aromatic N) is 1. The van der Waals surface area contributed by atoms with Gasteiger partial charge in [0, 0.05) is 12.3 Å². The molecule has 0 saturated carbocycles. The van der Waals surface area contributed by atoms with E-state index in [0.717, 1.165) is 0 Å². The largest absolute Gasteiger partial charge is 0.492 e. The van der Waals surface area contributed by atoms with Gasteiger partial charge in [0.05, 0.1) is 23.5 Å². The topological polar surface area (TPSA) is 56.3 Å². The molecule has 14 heavy (non-hydrogen) atoms. The Morgan fingerprint density at radius 1 is 1.36 bits per heavy atom. The molecule has 0 unspecified atom stereocenters.